The molecule has 0 unspecified atom stereocenters. The van der Waals surface area contributed by atoms with Crippen molar-refractivity contribution in [2.75, 3.05) is 45.3 Å². The predicted octanol–water partition coefficient (Wildman–Crippen LogP) is 1.64. The third-order valence-corrected chi connectivity index (χ3v) is 4.41. The average molecular weight is 367 g/mol. The number of hydrogen-bond acceptors (Lipinski definition) is 7. The molecule has 1 fully saturated rings. The van der Waals surface area contributed by atoms with Crippen molar-refractivity contribution in [1.29, 1.82) is 5.26 Å². The molecule has 1 aromatic heterocycles. The van der Waals surface area contributed by atoms with E-state index < -0.39 is 0 Å². The fourth-order valence-corrected chi connectivity index (χ4v) is 2.97. The predicted molar refractivity (Wildman–Crippen MR) is 99.1 cm³/mol. The standard InChI is InChI=1S/C19H21N5O3/c1-13-8-15(12-20)22-19(21-13)24-6-4-23(5-7-24)18(25)14-9-16(26-2)11-17(10-14)27-3/h8-11H,4-7H2,1-3H3. The molecule has 2 aromatic rings. The number of carbonyl (C=O) groups is 1. The van der Waals surface area contributed by atoms with E-state index in [-0.39, 0.29) is 5.91 Å². The van der Waals surface area contributed by atoms with Gasteiger partial charge in [0.1, 0.15) is 23.3 Å². The molecule has 0 aliphatic carbocycles. The van der Waals surface area contributed by atoms with Gasteiger partial charge in [-0.3, -0.25) is 4.79 Å². The van der Waals surface area contributed by atoms with Crippen molar-refractivity contribution in [1.82, 2.24) is 14.9 Å². The lowest BCUT2D eigenvalue weighted by Crippen LogP contribution is -2.49. The number of aromatic nitrogens is 2. The summed E-state index contributed by atoms with van der Waals surface area (Å²) in [6.07, 6.45) is 0. The molecule has 0 atom stereocenters. The first kappa shape index (κ1) is 18.5. The van der Waals surface area contributed by atoms with E-state index in [1.807, 2.05) is 11.8 Å². The normalized spacial score (nSPS) is 13.9. The maximum absolute atomic E-state index is 12.9. The summed E-state index contributed by atoms with van der Waals surface area (Å²) >= 11 is 0. The van der Waals surface area contributed by atoms with E-state index in [2.05, 4.69) is 16.0 Å². The van der Waals surface area contributed by atoms with Crippen LogP contribution in [0, 0.1) is 18.3 Å². The molecular formula is C19H21N5O3. The number of nitriles is 1. The van der Waals surface area contributed by atoms with Crippen LogP contribution in [0.5, 0.6) is 11.5 Å². The maximum atomic E-state index is 12.9. The molecule has 0 spiro atoms. The lowest BCUT2D eigenvalue weighted by atomic mass is 10.1. The molecule has 0 bridgehead atoms. The van der Waals surface area contributed by atoms with Gasteiger partial charge in [0.15, 0.2) is 0 Å². The lowest BCUT2D eigenvalue weighted by Gasteiger charge is -2.35. The van der Waals surface area contributed by atoms with Crippen LogP contribution in [0.2, 0.25) is 0 Å². The highest BCUT2D eigenvalue weighted by molar-refractivity contribution is 5.95. The molecule has 0 N–H and O–H groups in total. The minimum absolute atomic E-state index is 0.0743. The molecule has 1 aliphatic heterocycles. The third-order valence-electron chi connectivity index (χ3n) is 4.41. The van der Waals surface area contributed by atoms with Crippen LogP contribution in [0.4, 0.5) is 5.95 Å². The summed E-state index contributed by atoms with van der Waals surface area (Å²) < 4.78 is 10.5. The Morgan fingerprint density at radius 2 is 1.67 bits per heavy atom. The van der Waals surface area contributed by atoms with Crippen LogP contribution < -0.4 is 14.4 Å². The van der Waals surface area contributed by atoms with Crippen LogP contribution in [-0.4, -0.2) is 61.2 Å². The van der Waals surface area contributed by atoms with Gasteiger partial charge < -0.3 is 19.3 Å². The van der Waals surface area contributed by atoms with Gasteiger partial charge in [-0.2, -0.15) is 5.26 Å². The van der Waals surface area contributed by atoms with Crippen LogP contribution in [0.15, 0.2) is 24.3 Å². The van der Waals surface area contributed by atoms with E-state index in [0.29, 0.717) is 54.9 Å². The first-order valence-corrected chi connectivity index (χ1v) is 8.57. The number of aryl methyl sites for hydroxylation is 1. The summed E-state index contributed by atoms with van der Waals surface area (Å²) in [6, 6.07) is 8.85. The fourth-order valence-electron chi connectivity index (χ4n) is 2.97. The summed E-state index contributed by atoms with van der Waals surface area (Å²) in [6.45, 7) is 4.11. The van der Waals surface area contributed by atoms with E-state index >= 15 is 0 Å². The number of carbonyl (C=O) groups excluding carboxylic acids is 1. The van der Waals surface area contributed by atoms with Crippen molar-refractivity contribution >= 4 is 11.9 Å². The second-order valence-electron chi connectivity index (χ2n) is 6.19. The first-order valence-electron chi connectivity index (χ1n) is 8.57. The second kappa shape index (κ2) is 7.91. The van der Waals surface area contributed by atoms with Crippen molar-refractivity contribution < 1.29 is 14.3 Å². The quantitative estimate of drug-likeness (QED) is 0.811. The van der Waals surface area contributed by atoms with E-state index in [1.54, 1.807) is 43.4 Å². The summed E-state index contributed by atoms with van der Waals surface area (Å²) in [5.41, 5.74) is 1.62. The van der Waals surface area contributed by atoms with E-state index in [9.17, 15) is 4.79 Å². The molecule has 8 heteroatoms. The van der Waals surface area contributed by atoms with Gasteiger partial charge in [0.2, 0.25) is 5.95 Å². The fraction of sp³-hybridized carbons (Fsp3) is 0.368. The zero-order valence-corrected chi connectivity index (χ0v) is 15.6. The van der Waals surface area contributed by atoms with E-state index in [1.165, 1.54) is 0 Å². The minimum atomic E-state index is -0.0743. The Labute approximate surface area is 158 Å². The lowest BCUT2D eigenvalue weighted by molar-refractivity contribution is 0.0745. The molecule has 0 saturated carbocycles. The van der Waals surface area contributed by atoms with Crippen molar-refractivity contribution in [3.05, 3.63) is 41.2 Å². The van der Waals surface area contributed by atoms with Crippen molar-refractivity contribution in [3.8, 4) is 17.6 Å². The number of anilines is 1. The monoisotopic (exact) mass is 367 g/mol. The maximum Gasteiger partial charge on any atom is 0.254 e. The van der Waals surface area contributed by atoms with E-state index in [4.69, 9.17) is 14.7 Å². The number of ether oxygens (including phenoxy) is 2. The Hall–Kier alpha value is -3.34. The largest absolute Gasteiger partial charge is 0.497 e. The summed E-state index contributed by atoms with van der Waals surface area (Å²) in [5, 5.41) is 9.08. The Morgan fingerprint density at radius 1 is 1.04 bits per heavy atom. The molecule has 0 radical (unpaired) electrons. The molecule has 140 valence electrons. The molecule has 1 saturated heterocycles. The highest BCUT2D eigenvalue weighted by Gasteiger charge is 2.24. The minimum Gasteiger partial charge on any atom is -0.497 e. The molecule has 27 heavy (non-hydrogen) atoms. The van der Waals surface area contributed by atoms with Gasteiger partial charge in [-0.15, -0.1) is 0 Å². The van der Waals surface area contributed by atoms with Gasteiger partial charge >= 0.3 is 0 Å². The van der Waals surface area contributed by atoms with Crippen LogP contribution in [0.1, 0.15) is 21.7 Å². The van der Waals surface area contributed by atoms with Gasteiger partial charge in [0, 0.05) is 43.5 Å². The molecule has 3 rings (SSSR count). The van der Waals surface area contributed by atoms with Crippen molar-refractivity contribution in [2.45, 2.75) is 6.92 Å². The van der Waals surface area contributed by atoms with Crippen LogP contribution >= 0.6 is 0 Å². The zero-order chi connectivity index (χ0) is 19.4. The zero-order valence-electron chi connectivity index (χ0n) is 15.6. The van der Waals surface area contributed by atoms with Crippen molar-refractivity contribution in [3.63, 3.8) is 0 Å². The summed E-state index contributed by atoms with van der Waals surface area (Å²) in [5.74, 6) is 1.61. The van der Waals surface area contributed by atoms with Gasteiger partial charge in [0.05, 0.1) is 14.2 Å². The number of rotatable bonds is 4. The topological polar surface area (TPSA) is 91.6 Å². The molecule has 1 aliphatic rings. The number of methoxy groups -OCH3 is 2. The molecule has 1 amide bonds. The highest BCUT2D eigenvalue weighted by Crippen LogP contribution is 2.24. The molecule has 2 heterocycles. The third kappa shape index (κ3) is 4.08. The number of hydrogen-bond donors (Lipinski definition) is 0. The van der Waals surface area contributed by atoms with Gasteiger partial charge in [-0.1, -0.05) is 0 Å². The second-order valence-corrected chi connectivity index (χ2v) is 6.19. The summed E-state index contributed by atoms with van der Waals surface area (Å²) in [7, 11) is 3.11. The Balaban J connectivity index is 1.71. The number of piperazine rings is 1. The molecule has 8 nitrogen and oxygen atoms in total. The van der Waals surface area contributed by atoms with Crippen LogP contribution in [-0.2, 0) is 0 Å². The molecule has 1 aromatic carbocycles. The average Bonchev–Trinajstić information content (AvgIpc) is 2.72. The van der Waals surface area contributed by atoms with Crippen LogP contribution in [0.3, 0.4) is 0 Å². The number of benzene rings is 1. The Bertz CT molecular complexity index is 863. The number of nitrogens with zero attached hydrogens (tertiary/aromatic N) is 5. The Morgan fingerprint density at radius 3 is 2.22 bits per heavy atom. The van der Waals surface area contributed by atoms with Crippen LogP contribution in [0.25, 0.3) is 0 Å². The van der Waals surface area contributed by atoms with Gasteiger partial charge in [-0.05, 0) is 25.1 Å². The first-order chi connectivity index (χ1) is 13.0. The SMILES string of the molecule is COc1cc(OC)cc(C(=O)N2CCN(c3nc(C)cc(C#N)n3)CC2)c1. The smallest absolute Gasteiger partial charge is 0.254 e. The van der Waals surface area contributed by atoms with E-state index in [0.717, 1.165) is 5.69 Å². The van der Waals surface area contributed by atoms with Gasteiger partial charge in [0.25, 0.3) is 5.91 Å². The van der Waals surface area contributed by atoms with Crippen molar-refractivity contribution in [2.24, 2.45) is 0 Å². The Kier molecular flexibility index (Phi) is 5.41. The number of amides is 1. The highest BCUT2D eigenvalue weighted by atomic mass is 16.5. The van der Waals surface area contributed by atoms with Gasteiger partial charge in [-0.25, -0.2) is 9.97 Å². The molecular weight excluding hydrogens is 346 g/mol. The summed E-state index contributed by atoms with van der Waals surface area (Å²) in [4.78, 5) is 25.3.